The molecule has 1 unspecified atom stereocenters. The quantitative estimate of drug-likeness (QED) is 0.340. The molecule has 8 nitrogen and oxygen atoms in total. The predicted octanol–water partition coefficient (Wildman–Crippen LogP) is 3.46. The molecule has 0 aliphatic carbocycles. The number of carbonyl (C=O) groups is 2. The van der Waals surface area contributed by atoms with Gasteiger partial charge in [-0.1, -0.05) is 18.2 Å². The normalized spacial score (nSPS) is 15.5. The smallest absolute Gasteiger partial charge is 0.251 e. The Kier molecular flexibility index (Phi) is 7.94. The number of ether oxygens (including phenoxy) is 1. The molecule has 3 aromatic rings. The Balaban J connectivity index is 1.40. The number of aromatic nitrogens is 1. The largest absolute Gasteiger partial charge is 0.489 e. The van der Waals surface area contributed by atoms with E-state index in [9.17, 15) is 9.59 Å². The van der Waals surface area contributed by atoms with Gasteiger partial charge in [0.25, 0.3) is 5.91 Å². The maximum Gasteiger partial charge on any atom is 0.251 e. The molecule has 2 aromatic carbocycles. The molecule has 1 fully saturated rings. The zero-order chi connectivity index (χ0) is 24.8. The fraction of sp³-hybridized carbons (Fsp3) is 0.370. The maximum atomic E-state index is 12.9. The predicted molar refractivity (Wildman–Crippen MR) is 133 cm³/mol. The third-order valence-corrected chi connectivity index (χ3v) is 6.62. The Bertz CT molecular complexity index is 1170. The number of nitrogens with zero attached hydrogens (tertiary/aromatic N) is 2. The summed E-state index contributed by atoms with van der Waals surface area (Å²) in [5.41, 5.74) is 5.10. The van der Waals surface area contributed by atoms with Gasteiger partial charge in [0.1, 0.15) is 12.4 Å². The van der Waals surface area contributed by atoms with Crippen molar-refractivity contribution in [3.8, 4) is 5.75 Å². The highest BCUT2D eigenvalue weighted by Crippen LogP contribution is 2.23. The lowest BCUT2D eigenvalue weighted by Gasteiger charge is -2.34. The monoisotopic (exact) mass is 476 g/mol. The fourth-order valence-corrected chi connectivity index (χ4v) is 4.64. The Morgan fingerprint density at radius 3 is 2.57 bits per heavy atom. The average Bonchev–Trinajstić information content (AvgIpc) is 2.87. The Morgan fingerprint density at radius 1 is 1.14 bits per heavy atom. The number of fused-ring (bicyclic) bond motifs is 1. The van der Waals surface area contributed by atoms with Crippen LogP contribution >= 0.6 is 0 Å². The van der Waals surface area contributed by atoms with E-state index in [1.807, 2.05) is 37.3 Å². The SMILES string of the molecule is Cc1cc(COc2ccc(C(=O)NC(CC(=O)NO)C3CCN(C)CC3)cc2)c2ccccc2n1. The van der Waals surface area contributed by atoms with Crippen LogP contribution in [-0.4, -0.2) is 53.1 Å². The number of hydroxylamine groups is 1. The van der Waals surface area contributed by atoms with Crippen LogP contribution in [0, 0.1) is 12.8 Å². The van der Waals surface area contributed by atoms with Gasteiger partial charge >= 0.3 is 0 Å². The molecule has 3 N–H and O–H groups in total. The molecule has 2 amide bonds. The second-order valence-corrected chi connectivity index (χ2v) is 9.21. The minimum absolute atomic E-state index is 0.0388. The van der Waals surface area contributed by atoms with Crippen LogP contribution in [0.4, 0.5) is 0 Å². The van der Waals surface area contributed by atoms with Crippen molar-refractivity contribution < 1.29 is 19.5 Å². The first kappa shape index (κ1) is 24.6. The van der Waals surface area contributed by atoms with Crippen LogP contribution in [0.1, 0.15) is 40.9 Å². The number of piperidine rings is 1. The third-order valence-electron chi connectivity index (χ3n) is 6.62. The molecule has 0 bridgehead atoms. The summed E-state index contributed by atoms with van der Waals surface area (Å²) in [6.45, 7) is 4.18. The summed E-state index contributed by atoms with van der Waals surface area (Å²) in [6, 6.07) is 16.6. The number of likely N-dealkylation sites (tertiary alicyclic amines) is 1. The van der Waals surface area contributed by atoms with Crippen molar-refractivity contribution >= 4 is 22.7 Å². The van der Waals surface area contributed by atoms with Gasteiger partial charge in [-0.25, -0.2) is 5.48 Å². The summed E-state index contributed by atoms with van der Waals surface area (Å²) >= 11 is 0. The van der Waals surface area contributed by atoms with Crippen LogP contribution < -0.4 is 15.5 Å². The summed E-state index contributed by atoms with van der Waals surface area (Å²) in [6.07, 6.45) is 1.81. The van der Waals surface area contributed by atoms with Gasteiger partial charge in [-0.05, 0) is 82.2 Å². The Hall–Kier alpha value is -3.49. The molecule has 184 valence electrons. The van der Waals surface area contributed by atoms with Crippen molar-refractivity contribution in [2.45, 2.75) is 38.8 Å². The van der Waals surface area contributed by atoms with E-state index < -0.39 is 5.91 Å². The van der Waals surface area contributed by atoms with Crippen molar-refractivity contribution in [2.75, 3.05) is 20.1 Å². The molecule has 35 heavy (non-hydrogen) atoms. The van der Waals surface area contributed by atoms with Gasteiger partial charge in [0.15, 0.2) is 0 Å². The molecule has 1 aliphatic rings. The number of rotatable bonds is 8. The van der Waals surface area contributed by atoms with Crippen molar-refractivity contribution in [2.24, 2.45) is 5.92 Å². The Morgan fingerprint density at radius 2 is 1.86 bits per heavy atom. The van der Waals surface area contributed by atoms with E-state index in [1.54, 1.807) is 29.7 Å². The van der Waals surface area contributed by atoms with E-state index >= 15 is 0 Å². The minimum Gasteiger partial charge on any atom is -0.489 e. The molecule has 0 spiro atoms. The summed E-state index contributed by atoms with van der Waals surface area (Å²) in [5.74, 6) is 0.0825. The summed E-state index contributed by atoms with van der Waals surface area (Å²) in [5, 5.41) is 13.0. The van der Waals surface area contributed by atoms with Gasteiger partial charge in [0.05, 0.1) is 5.52 Å². The van der Waals surface area contributed by atoms with Crippen LogP contribution in [-0.2, 0) is 11.4 Å². The van der Waals surface area contributed by atoms with Crippen LogP contribution in [0.3, 0.4) is 0 Å². The fourth-order valence-electron chi connectivity index (χ4n) is 4.64. The van der Waals surface area contributed by atoms with E-state index in [0.717, 1.165) is 48.1 Å². The third kappa shape index (κ3) is 6.35. The lowest BCUT2D eigenvalue weighted by Crippen LogP contribution is -2.46. The van der Waals surface area contributed by atoms with Gasteiger partial charge in [-0.15, -0.1) is 0 Å². The highest BCUT2D eigenvalue weighted by Gasteiger charge is 2.28. The van der Waals surface area contributed by atoms with E-state index in [0.29, 0.717) is 17.9 Å². The topological polar surface area (TPSA) is 104 Å². The number of nitrogens with one attached hydrogen (secondary N) is 2. The van der Waals surface area contributed by atoms with Crippen LogP contribution in [0.15, 0.2) is 54.6 Å². The van der Waals surface area contributed by atoms with Crippen molar-refractivity contribution in [3.05, 3.63) is 71.4 Å². The summed E-state index contributed by atoms with van der Waals surface area (Å²) < 4.78 is 6.00. The standard InChI is InChI=1S/C27H32N4O4/c1-18-15-21(23-5-3-4-6-24(23)28-18)17-35-22-9-7-20(8-10-22)27(33)29-25(16-26(32)30-34)19-11-13-31(2)14-12-19/h3-10,15,19,25,34H,11-14,16-17H2,1-2H3,(H,29,33)(H,30,32). The summed E-state index contributed by atoms with van der Waals surface area (Å²) in [4.78, 5) is 31.6. The maximum absolute atomic E-state index is 12.9. The number of benzene rings is 2. The van der Waals surface area contributed by atoms with Crippen molar-refractivity contribution in [1.29, 1.82) is 0 Å². The molecule has 0 radical (unpaired) electrons. The number of para-hydroxylation sites is 1. The number of pyridine rings is 1. The molecule has 2 heterocycles. The van der Waals surface area contributed by atoms with Crippen LogP contribution in [0.2, 0.25) is 0 Å². The van der Waals surface area contributed by atoms with Gasteiger partial charge < -0.3 is 15.0 Å². The highest BCUT2D eigenvalue weighted by molar-refractivity contribution is 5.94. The average molecular weight is 477 g/mol. The molecule has 1 atom stereocenters. The van der Waals surface area contributed by atoms with Gasteiger partial charge in [0.2, 0.25) is 5.91 Å². The number of hydrogen-bond acceptors (Lipinski definition) is 6. The molecule has 1 aromatic heterocycles. The minimum atomic E-state index is -0.503. The van der Waals surface area contributed by atoms with E-state index in [4.69, 9.17) is 9.94 Å². The molecule has 0 saturated carbocycles. The number of amides is 2. The van der Waals surface area contributed by atoms with Crippen LogP contribution in [0.5, 0.6) is 5.75 Å². The molecule has 1 aliphatic heterocycles. The molecular formula is C27H32N4O4. The lowest BCUT2D eigenvalue weighted by atomic mass is 9.87. The van der Waals surface area contributed by atoms with Crippen molar-refractivity contribution in [3.63, 3.8) is 0 Å². The van der Waals surface area contributed by atoms with Gasteiger partial charge in [-0.2, -0.15) is 0 Å². The molecule has 8 heteroatoms. The first-order valence-corrected chi connectivity index (χ1v) is 11.9. The van der Waals surface area contributed by atoms with E-state index in [1.165, 1.54) is 0 Å². The zero-order valence-electron chi connectivity index (χ0n) is 20.2. The molecule has 4 rings (SSSR count). The first-order chi connectivity index (χ1) is 16.9. The molecular weight excluding hydrogens is 444 g/mol. The summed E-state index contributed by atoms with van der Waals surface area (Å²) in [7, 11) is 2.06. The number of hydrogen-bond donors (Lipinski definition) is 3. The second kappa shape index (κ2) is 11.3. The first-order valence-electron chi connectivity index (χ1n) is 11.9. The van der Waals surface area contributed by atoms with E-state index in [-0.39, 0.29) is 24.3 Å². The molecule has 1 saturated heterocycles. The van der Waals surface area contributed by atoms with Crippen LogP contribution in [0.25, 0.3) is 10.9 Å². The Labute approximate surface area is 205 Å². The van der Waals surface area contributed by atoms with E-state index in [2.05, 4.69) is 22.2 Å². The zero-order valence-corrected chi connectivity index (χ0v) is 20.2. The van der Waals surface area contributed by atoms with Crippen molar-refractivity contribution in [1.82, 2.24) is 20.7 Å². The van der Waals surface area contributed by atoms with Gasteiger partial charge in [0, 0.05) is 34.7 Å². The highest BCUT2D eigenvalue weighted by atomic mass is 16.5. The number of aryl methyl sites for hydroxylation is 1. The van der Waals surface area contributed by atoms with Gasteiger partial charge in [-0.3, -0.25) is 19.8 Å². The lowest BCUT2D eigenvalue weighted by molar-refractivity contribution is -0.130. The number of carbonyl (C=O) groups excluding carboxylic acids is 2. The second-order valence-electron chi connectivity index (χ2n) is 9.21.